The number of carbonyl (C=O) groups is 1. The topological polar surface area (TPSA) is 72.8 Å². The zero-order chi connectivity index (χ0) is 20.6. The molecule has 1 N–H and O–H groups in total. The molecule has 0 aliphatic heterocycles. The van der Waals surface area contributed by atoms with E-state index in [1.807, 2.05) is 0 Å². The molecule has 6 nitrogen and oxygen atoms in total. The molecule has 1 heterocycles. The molecule has 1 amide bonds. The highest BCUT2D eigenvalue weighted by molar-refractivity contribution is 9.10. The van der Waals surface area contributed by atoms with Gasteiger partial charge in [-0.25, -0.2) is 9.82 Å². The Morgan fingerprint density at radius 1 is 1.28 bits per heavy atom. The fraction of sp³-hybridized carbons (Fsp3) is 0.0952. The minimum absolute atomic E-state index is 0.254. The number of ether oxygens (including phenoxy) is 2. The molecule has 0 aliphatic carbocycles. The van der Waals surface area contributed by atoms with Gasteiger partial charge in [0.25, 0.3) is 5.91 Å². The fourth-order valence-electron chi connectivity index (χ4n) is 2.42. The lowest BCUT2D eigenvalue weighted by molar-refractivity contribution is 0.0955. The van der Waals surface area contributed by atoms with Gasteiger partial charge in [-0.1, -0.05) is 12.1 Å². The monoisotopic (exact) mass is 457 g/mol. The Kier molecular flexibility index (Phi) is 6.91. The van der Waals surface area contributed by atoms with Crippen molar-refractivity contribution in [2.24, 2.45) is 5.10 Å². The molecule has 0 saturated heterocycles. The van der Waals surface area contributed by atoms with E-state index in [4.69, 9.17) is 9.47 Å². The molecule has 0 aliphatic rings. The standard InChI is InChI=1S/C21H17BrFN3O3/c1-28-19-10-15(11-25-26-21(27)16-3-2-8-24-12-16)9-18(22)20(19)29-13-14-4-6-17(23)7-5-14/h2-12H,13H2,1H3,(H,26,27)/b25-11-. The van der Waals surface area contributed by atoms with Crippen LogP contribution in [0.1, 0.15) is 21.5 Å². The van der Waals surface area contributed by atoms with Crippen molar-refractivity contribution in [2.45, 2.75) is 6.61 Å². The van der Waals surface area contributed by atoms with Gasteiger partial charge in [0.15, 0.2) is 11.5 Å². The average molecular weight is 458 g/mol. The summed E-state index contributed by atoms with van der Waals surface area (Å²) in [6.45, 7) is 0.254. The predicted molar refractivity (Wildman–Crippen MR) is 111 cm³/mol. The van der Waals surface area contributed by atoms with Crippen molar-refractivity contribution in [1.82, 2.24) is 10.4 Å². The van der Waals surface area contributed by atoms with Gasteiger partial charge in [0.05, 0.1) is 23.4 Å². The summed E-state index contributed by atoms with van der Waals surface area (Å²) in [5, 5.41) is 3.96. The van der Waals surface area contributed by atoms with Crippen molar-refractivity contribution in [3.63, 3.8) is 0 Å². The number of nitrogens with zero attached hydrogens (tertiary/aromatic N) is 2. The lowest BCUT2D eigenvalue weighted by Gasteiger charge is -2.13. The fourth-order valence-corrected chi connectivity index (χ4v) is 2.99. The van der Waals surface area contributed by atoms with Gasteiger partial charge in [0.1, 0.15) is 12.4 Å². The quantitative estimate of drug-likeness (QED) is 0.423. The van der Waals surface area contributed by atoms with E-state index in [1.165, 1.54) is 31.7 Å². The van der Waals surface area contributed by atoms with Crippen molar-refractivity contribution in [2.75, 3.05) is 7.11 Å². The summed E-state index contributed by atoms with van der Waals surface area (Å²) in [6.07, 6.45) is 4.53. The Morgan fingerprint density at radius 3 is 2.76 bits per heavy atom. The van der Waals surface area contributed by atoms with Crippen LogP contribution in [0, 0.1) is 5.82 Å². The maximum atomic E-state index is 13.0. The summed E-state index contributed by atoms with van der Waals surface area (Å²) >= 11 is 3.46. The van der Waals surface area contributed by atoms with Crippen molar-refractivity contribution in [1.29, 1.82) is 0 Å². The highest BCUT2D eigenvalue weighted by Crippen LogP contribution is 2.36. The predicted octanol–water partition coefficient (Wildman–Crippen LogP) is 4.33. The first kappa shape index (κ1) is 20.5. The number of carbonyl (C=O) groups excluding carboxylic acids is 1. The van der Waals surface area contributed by atoms with Crippen molar-refractivity contribution >= 4 is 28.1 Å². The van der Waals surface area contributed by atoms with Crippen LogP contribution in [0.5, 0.6) is 11.5 Å². The summed E-state index contributed by atoms with van der Waals surface area (Å²) in [6, 6.07) is 12.9. The SMILES string of the molecule is COc1cc(/C=N\NC(=O)c2cccnc2)cc(Br)c1OCc1ccc(F)cc1. The highest BCUT2D eigenvalue weighted by atomic mass is 79.9. The molecule has 0 spiro atoms. The van der Waals surface area contributed by atoms with E-state index >= 15 is 0 Å². The molecule has 0 bridgehead atoms. The first-order valence-corrected chi connectivity index (χ1v) is 9.34. The Hall–Kier alpha value is -3.26. The van der Waals surface area contributed by atoms with Crippen molar-refractivity contribution < 1.29 is 18.7 Å². The van der Waals surface area contributed by atoms with Gasteiger partial charge in [-0.15, -0.1) is 0 Å². The van der Waals surface area contributed by atoms with Gasteiger partial charge < -0.3 is 9.47 Å². The first-order valence-electron chi connectivity index (χ1n) is 8.55. The molecule has 1 aromatic heterocycles. The lowest BCUT2D eigenvalue weighted by Crippen LogP contribution is -2.17. The maximum absolute atomic E-state index is 13.0. The molecule has 3 aromatic rings. The van der Waals surface area contributed by atoms with Crippen molar-refractivity contribution in [3.8, 4) is 11.5 Å². The molecule has 0 unspecified atom stereocenters. The third-order valence-corrected chi connectivity index (χ3v) is 4.44. The second-order valence-electron chi connectivity index (χ2n) is 5.89. The van der Waals surface area contributed by atoms with Gasteiger partial charge in [-0.2, -0.15) is 5.10 Å². The minimum Gasteiger partial charge on any atom is -0.493 e. The number of methoxy groups -OCH3 is 1. The number of rotatable bonds is 7. The molecule has 3 rings (SSSR count). The van der Waals surface area contributed by atoms with E-state index in [0.717, 1.165) is 5.56 Å². The Bertz CT molecular complexity index is 1010. The second-order valence-corrected chi connectivity index (χ2v) is 6.74. The van der Waals surface area contributed by atoms with E-state index < -0.39 is 0 Å². The average Bonchev–Trinajstić information content (AvgIpc) is 2.74. The maximum Gasteiger partial charge on any atom is 0.272 e. The molecule has 0 atom stereocenters. The number of halogens is 2. The number of pyridine rings is 1. The summed E-state index contributed by atoms with van der Waals surface area (Å²) < 4.78 is 24.9. The van der Waals surface area contributed by atoms with Gasteiger partial charge in [0.2, 0.25) is 0 Å². The third-order valence-electron chi connectivity index (χ3n) is 3.85. The molecule has 8 heteroatoms. The number of hydrazone groups is 1. The molecular formula is C21H17BrFN3O3. The Morgan fingerprint density at radius 2 is 2.07 bits per heavy atom. The summed E-state index contributed by atoms with van der Waals surface area (Å²) in [7, 11) is 1.53. The molecule has 2 aromatic carbocycles. The summed E-state index contributed by atoms with van der Waals surface area (Å²) in [4.78, 5) is 15.9. The second kappa shape index (κ2) is 9.79. The largest absolute Gasteiger partial charge is 0.493 e. The van der Waals surface area contributed by atoms with Crippen LogP contribution >= 0.6 is 15.9 Å². The number of hydrogen-bond donors (Lipinski definition) is 1. The zero-order valence-corrected chi connectivity index (χ0v) is 17.0. The van der Waals surface area contributed by atoms with E-state index in [9.17, 15) is 9.18 Å². The summed E-state index contributed by atoms with van der Waals surface area (Å²) in [5.74, 6) is 0.335. The van der Waals surface area contributed by atoms with Crippen molar-refractivity contribution in [3.05, 3.63) is 87.9 Å². The van der Waals surface area contributed by atoms with Crippen LogP contribution in [0.4, 0.5) is 4.39 Å². The first-order chi connectivity index (χ1) is 14.1. The van der Waals surface area contributed by atoms with Crippen LogP contribution in [0.15, 0.2) is 70.5 Å². The van der Waals surface area contributed by atoms with E-state index in [0.29, 0.717) is 27.1 Å². The van der Waals surface area contributed by atoms with Crippen LogP contribution in [-0.4, -0.2) is 24.2 Å². The molecular weight excluding hydrogens is 441 g/mol. The Balaban J connectivity index is 1.68. The van der Waals surface area contributed by atoms with Crippen LogP contribution in [0.2, 0.25) is 0 Å². The van der Waals surface area contributed by atoms with E-state index in [-0.39, 0.29) is 18.3 Å². The third kappa shape index (κ3) is 5.61. The van der Waals surface area contributed by atoms with E-state index in [1.54, 1.807) is 42.6 Å². The smallest absolute Gasteiger partial charge is 0.272 e. The van der Waals surface area contributed by atoms with Gasteiger partial charge in [-0.05, 0) is 63.5 Å². The minimum atomic E-state index is -0.361. The van der Waals surface area contributed by atoms with Crippen LogP contribution < -0.4 is 14.9 Å². The number of nitrogens with one attached hydrogen (secondary N) is 1. The molecule has 0 fully saturated rings. The number of aromatic nitrogens is 1. The van der Waals surface area contributed by atoms with Gasteiger partial charge in [0, 0.05) is 12.4 Å². The molecule has 0 radical (unpaired) electrons. The van der Waals surface area contributed by atoms with Crippen LogP contribution in [0.3, 0.4) is 0 Å². The molecule has 29 heavy (non-hydrogen) atoms. The number of benzene rings is 2. The lowest BCUT2D eigenvalue weighted by atomic mass is 10.2. The van der Waals surface area contributed by atoms with Crippen LogP contribution in [-0.2, 0) is 6.61 Å². The zero-order valence-electron chi connectivity index (χ0n) is 15.4. The van der Waals surface area contributed by atoms with Gasteiger partial charge >= 0.3 is 0 Å². The molecule has 148 valence electrons. The van der Waals surface area contributed by atoms with E-state index in [2.05, 4.69) is 31.4 Å². The normalized spacial score (nSPS) is 10.7. The number of hydrogen-bond acceptors (Lipinski definition) is 5. The highest BCUT2D eigenvalue weighted by Gasteiger charge is 2.12. The molecule has 0 saturated carbocycles. The summed E-state index contributed by atoms with van der Waals surface area (Å²) in [5.41, 5.74) is 4.37. The van der Waals surface area contributed by atoms with Crippen LogP contribution in [0.25, 0.3) is 0 Å². The van der Waals surface area contributed by atoms with Gasteiger partial charge in [-0.3, -0.25) is 9.78 Å². The number of amides is 1. The Labute approximate surface area is 175 Å².